The van der Waals surface area contributed by atoms with Gasteiger partial charge in [0.25, 0.3) is 10.0 Å². The van der Waals surface area contributed by atoms with Crippen molar-refractivity contribution in [1.29, 1.82) is 0 Å². The first-order valence-electron chi connectivity index (χ1n) is 12.6. The number of benzene rings is 1. The van der Waals surface area contributed by atoms with E-state index in [9.17, 15) is 18.0 Å². The standard InChI is InChI=1S/C25H35N5O5S2/c1-15-9-10-19(13-16(15)2)30(37(33,34)24-17(3)29-35-18(24)4)12-6-11-26-22(31)8-5-7-21-23-20(14-36-21)27-25(32)28-23/h9-10,13,20-21,23H,5-8,11-12,14H2,1-4H3,(H,26,31)(H2,27,28,32)/t20-,21-,23-/m0/s1. The Morgan fingerprint density at radius 1 is 1.19 bits per heavy atom. The maximum atomic E-state index is 13.6. The predicted molar refractivity (Wildman–Crippen MR) is 143 cm³/mol. The highest BCUT2D eigenvalue weighted by molar-refractivity contribution is 8.00. The molecular formula is C25H35N5O5S2. The van der Waals surface area contributed by atoms with Gasteiger partial charge in [-0.1, -0.05) is 11.2 Å². The van der Waals surface area contributed by atoms with Crippen LogP contribution in [0.5, 0.6) is 0 Å². The van der Waals surface area contributed by atoms with Crippen LogP contribution in [0.4, 0.5) is 10.5 Å². The zero-order chi connectivity index (χ0) is 26.7. The minimum absolute atomic E-state index is 0.0561. The molecule has 1 aromatic carbocycles. The number of aryl methyl sites for hydroxylation is 4. The van der Waals surface area contributed by atoms with Crippen LogP contribution in [0, 0.1) is 27.7 Å². The molecule has 2 saturated heterocycles. The molecular weight excluding hydrogens is 514 g/mol. The van der Waals surface area contributed by atoms with Gasteiger partial charge in [-0.15, -0.1) is 0 Å². The highest BCUT2D eigenvalue weighted by atomic mass is 32.2. The molecule has 0 bridgehead atoms. The summed E-state index contributed by atoms with van der Waals surface area (Å²) in [4.78, 5) is 24.0. The van der Waals surface area contributed by atoms with Crippen molar-refractivity contribution < 1.29 is 22.5 Å². The Hall–Kier alpha value is -2.73. The van der Waals surface area contributed by atoms with Crippen LogP contribution in [0.2, 0.25) is 0 Å². The van der Waals surface area contributed by atoms with Gasteiger partial charge in [-0.05, 0) is 70.2 Å². The van der Waals surface area contributed by atoms with Crippen LogP contribution in [-0.2, 0) is 14.8 Å². The molecule has 3 heterocycles. The van der Waals surface area contributed by atoms with Gasteiger partial charge < -0.3 is 20.5 Å². The van der Waals surface area contributed by atoms with Crippen LogP contribution in [-0.4, -0.2) is 61.7 Å². The van der Waals surface area contributed by atoms with E-state index in [0.29, 0.717) is 36.0 Å². The summed E-state index contributed by atoms with van der Waals surface area (Å²) < 4.78 is 33.8. The molecule has 2 aliphatic rings. The molecule has 2 aliphatic heterocycles. The molecule has 4 rings (SSSR count). The molecule has 10 nitrogen and oxygen atoms in total. The van der Waals surface area contributed by atoms with E-state index in [1.54, 1.807) is 19.9 Å². The third kappa shape index (κ3) is 6.06. The lowest BCUT2D eigenvalue weighted by Gasteiger charge is -2.25. The number of carbonyl (C=O) groups excluding carboxylic acids is 2. The van der Waals surface area contributed by atoms with E-state index in [2.05, 4.69) is 21.1 Å². The summed E-state index contributed by atoms with van der Waals surface area (Å²) in [5.74, 6) is 1.09. The first-order valence-corrected chi connectivity index (χ1v) is 15.0. The molecule has 3 atom stereocenters. The van der Waals surface area contributed by atoms with Crippen molar-refractivity contribution in [3.8, 4) is 0 Å². The van der Waals surface area contributed by atoms with Crippen molar-refractivity contribution in [3.05, 3.63) is 40.8 Å². The van der Waals surface area contributed by atoms with Crippen LogP contribution in [0.15, 0.2) is 27.6 Å². The summed E-state index contributed by atoms with van der Waals surface area (Å²) in [5, 5.41) is 13.0. The normalized spacial score (nSPS) is 20.9. The molecule has 0 saturated carbocycles. The lowest BCUT2D eigenvalue weighted by Crippen LogP contribution is -2.37. The maximum Gasteiger partial charge on any atom is 0.315 e. The summed E-state index contributed by atoms with van der Waals surface area (Å²) in [6, 6.07) is 5.77. The van der Waals surface area contributed by atoms with E-state index in [1.165, 1.54) is 4.31 Å². The third-order valence-corrected chi connectivity index (χ3v) is 10.6. The molecule has 37 heavy (non-hydrogen) atoms. The second kappa shape index (κ2) is 11.3. The molecule has 3 amide bonds. The van der Waals surface area contributed by atoms with E-state index in [0.717, 1.165) is 29.7 Å². The summed E-state index contributed by atoms with van der Waals surface area (Å²) in [5.41, 5.74) is 2.95. The van der Waals surface area contributed by atoms with Gasteiger partial charge in [-0.3, -0.25) is 9.10 Å². The molecule has 1 aromatic heterocycles. The van der Waals surface area contributed by atoms with E-state index in [-0.39, 0.29) is 41.2 Å². The summed E-state index contributed by atoms with van der Waals surface area (Å²) in [7, 11) is -3.91. The summed E-state index contributed by atoms with van der Waals surface area (Å²) in [6.45, 7) is 7.69. The SMILES string of the molecule is Cc1ccc(N(CCCNC(=O)CCC[C@@H]2SC[C@@H]3NC(=O)N[C@@H]32)S(=O)(=O)c2c(C)noc2C)cc1C. The van der Waals surface area contributed by atoms with Gasteiger partial charge in [-0.2, -0.15) is 11.8 Å². The highest BCUT2D eigenvalue weighted by Gasteiger charge is 2.42. The van der Waals surface area contributed by atoms with Crippen molar-refractivity contribution in [1.82, 2.24) is 21.1 Å². The Kier molecular flexibility index (Phi) is 8.37. The number of carbonyl (C=O) groups is 2. The number of aromatic nitrogens is 1. The van der Waals surface area contributed by atoms with Crippen LogP contribution in [0.1, 0.15) is 48.3 Å². The van der Waals surface area contributed by atoms with Crippen molar-refractivity contribution >= 4 is 39.4 Å². The fourth-order valence-corrected chi connectivity index (χ4v) is 8.20. The fraction of sp³-hybridized carbons (Fsp3) is 0.560. The molecule has 2 aromatic rings. The topological polar surface area (TPSA) is 134 Å². The number of rotatable bonds is 11. The Morgan fingerprint density at radius 2 is 1.97 bits per heavy atom. The molecule has 202 valence electrons. The van der Waals surface area contributed by atoms with Gasteiger partial charge in [0.15, 0.2) is 10.7 Å². The number of anilines is 1. The highest BCUT2D eigenvalue weighted by Crippen LogP contribution is 2.33. The Bertz CT molecular complexity index is 1240. The van der Waals surface area contributed by atoms with Crippen LogP contribution in [0.25, 0.3) is 0 Å². The van der Waals surface area contributed by atoms with Crippen molar-refractivity contribution in [3.63, 3.8) is 0 Å². The van der Waals surface area contributed by atoms with Gasteiger partial charge in [-0.25, -0.2) is 13.2 Å². The van der Waals surface area contributed by atoms with E-state index >= 15 is 0 Å². The molecule has 12 heteroatoms. The minimum atomic E-state index is -3.91. The van der Waals surface area contributed by atoms with E-state index in [4.69, 9.17) is 4.52 Å². The summed E-state index contributed by atoms with van der Waals surface area (Å²) in [6.07, 6.45) is 2.44. The van der Waals surface area contributed by atoms with Gasteiger partial charge in [0.1, 0.15) is 5.69 Å². The van der Waals surface area contributed by atoms with Gasteiger partial charge in [0.2, 0.25) is 5.91 Å². The average molecular weight is 550 g/mol. The minimum Gasteiger partial charge on any atom is -0.360 e. The fourth-order valence-electron chi connectivity index (χ4n) is 4.87. The Morgan fingerprint density at radius 3 is 2.68 bits per heavy atom. The smallest absolute Gasteiger partial charge is 0.315 e. The number of hydrogen-bond donors (Lipinski definition) is 3. The van der Waals surface area contributed by atoms with Crippen LogP contribution in [0.3, 0.4) is 0 Å². The second-order valence-corrected chi connectivity index (χ2v) is 12.8. The average Bonchev–Trinajstić information content (AvgIpc) is 3.49. The molecule has 2 fully saturated rings. The lowest BCUT2D eigenvalue weighted by atomic mass is 10.0. The first kappa shape index (κ1) is 27.3. The summed E-state index contributed by atoms with van der Waals surface area (Å²) >= 11 is 1.83. The van der Waals surface area contributed by atoms with Crippen molar-refractivity contribution in [2.24, 2.45) is 0 Å². The Labute approximate surface area is 222 Å². The Balaban J connectivity index is 1.31. The second-order valence-electron chi connectivity index (χ2n) is 9.72. The number of hydrogen-bond acceptors (Lipinski definition) is 7. The van der Waals surface area contributed by atoms with Gasteiger partial charge in [0, 0.05) is 30.5 Å². The third-order valence-electron chi connectivity index (χ3n) is 6.99. The van der Waals surface area contributed by atoms with Crippen LogP contribution >= 0.6 is 11.8 Å². The molecule has 0 unspecified atom stereocenters. The quantitative estimate of drug-likeness (QED) is 0.290. The number of fused-ring (bicyclic) bond motifs is 1. The first-order chi connectivity index (χ1) is 17.6. The number of urea groups is 1. The molecule has 0 aliphatic carbocycles. The molecule has 0 radical (unpaired) electrons. The zero-order valence-electron chi connectivity index (χ0n) is 21.7. The van der Waals surface area contributed by atoms with Crippen LogP contribution < -0.4 is 20.3 Å². The number of amides is 3. The largest absolute Gasteiger partial charge is 0.360 e. The zero-order valence-corrected chi connectivity index (χ0v) is 23.3. The number of thioether (sulfide) groups is 1. The number of sulfonamides is 1. The monoisotopic (exact) mass is 549 g/mol. The van der Waals surface area contributed by atoms with Gasteiger partial charge in [0.05, 0.1) is 17.8 Å². The molecule has 3 N–H and O–H groups in total. The van der Waals surface area contributed by atoms with Gasteiger partial charge >= 0.3 is 6.03 Å². The number of nitrogens with zero attached hydrogens (tertiary/aromatic N) is 2. The lowest BCUT2D eigenvalue weighted by molar-refractivity contribution is -0.121. The van der Waals surface area contributed by atoms with E-state index < -0.39 is 10.0 Å². The predicted octanol–water partition coefficient (Wildman–Crippen LogP) is 2.95. The van der Waals surface area contributed by atoms with Crippen molar-refractivity contribution in [2.45, 2.75) is 75.6 Å². The van der Waals surface area contributed by atoms with Crippen molar-refractivity contribution in [2.75, 3.05) is 23.1 Å². The van der Waals surface area contributed by atoms with E-state index in [1.807, 2.05) is 37.7 Å². The molecule has 0 spiro atoms. The number of nitrogens with one attached hydrogen (secondary N) is 3. The maximum absolute atomic E-state index is 13.6.